The SMILES string of the molecule is CCN(CC)C(=S)SCC(C)C(=O)OC(C)(C)COC(C)C(=O)C(C)CSC(=S)N(CC)CC. The van der Waals surface area contributed by atoms with Gasteiger partial charge in [-0.3, -0.25) is 9.59 Å². The Balaban J connectivity index is 4.58. The maximum absolute atomic E-state index is 12.7. The van der Waals surface area contributed by atoms with Gasteiger partial charge in [0.1, 0.15) is 20.3 Å². The molecule has 0 aliphatic carbocycles. The van der Waals surface area contributed by atoms with Crippen LogP contribution in [0.15, 0.2) is 0 Å². The van der Waals surface area contributed by atoms with Gasteiger partial charge in [0, 0.05) is 43.6 Å². The predicted octanol–water partition coefficient (Wildman–Crippen LogP) is 5.27. The number of hydrogen-bond acceptors (Lipinski definition) is 8. The van der Waals surface area contributed by atoms with E-state index in [2.05, 4.69) is 37.5 Å². The van der Waals surface area contributed by atoms with Crippen molar-refractivity contribution in [3.8, 4) is 0 Å². The summed E-state index contributed by atoms with van der Waals surface area (Å²) in [7, 11) is 0. The van der Waals surface area contributed by atoms with Gasteiger partial charge in [0.15, 0.2) is 5.78 Å². The van der Waals surface area contributed by atoms with Crippen LogP contribution in [0.25, 0.3) is 0 Å². The first kappa shape index (κ1) is 33.6. The molecule has 0 saturated carbocycles. The zero-order chi connectivity index (χ0) is 26.5. The van der Waals surface area contributed by atoms with Gasteiger partial charge in [-0.25, -0.2) is 0 Å². The molecule has 10 heteroatoms. The maximum atomic E-state index is 12.7. The molecule has 0 aliphatic heterocycles. The lowest BCUT2D eigenvalue weighted by Gasteiger charge is -2.28. The summed E-state index contributed by atoms with van der Waals surface area (Å²) in [6, 6.07) is 0. The zero-order valence-electron chi connectivity index (χ0n) is 22.3. The summed E-state index contributed by atoms with van der Waals surface area (Å²) in [6.45, 7) is 20.9. The van der Waals surface area contributed by atoms with Crippen molar-refractivity contribution in [1.29, 1.82) is 0 Å². The molecule has 3 unspecified atom stereocenters. The highest BCUT2D eigenvalue weighted by atomic mass is 32.2. The molecule has 0 radical (unpaired) electrons. The number of thioether (sulfide) groups is 2. The molecular weight excluding hydrogens is 509 g/mol. The number of thiocarbonyl (C=S) groups is 2. The second-order valence-corrected chi connectivity index (χ2v) is 12.1. The van der Waals surface area contributed by atoms with Crippen molar-refractivity contribution in [2.75, 3.05) is 44.3 Å². The normalized spacial score (nSPS) is 14.1. The third-order valence-electron chi connectivity index (χ3n) is 5.30. The molecule has 34 heavy (non-hydrogen) atoms. The van der Waals surface area contributed by atoms with Crippen LogP contribution in [0.4, 0.5) is 0 Å². The smallest absolute Gasteiger partial charge is 0.310 e. The molecule has 0 aliphatic rings. The van der Waals surface area contributed by atoms with E-state index in [1.54, 1.807) is 20.8 Å². The average Bonchev–Trinajstić information content (AvgIpc) is 2.80. The van der Waals surface area contributed by atoms with Crippen LogP contribution in [0.3, 0.4) is 0 Å². The summed E-state index contributed by atoms with van der Waals surface area (Å²) in [5.41, 5.74) is -0.841. The quantitative estimate of drug-likeness (QED) is 0.198. The minimum atomic E-state index is -0.841. The fourth-order valence-corrected chi connectivity index (χ4v) is 5.79. The van der Waals surface area contributed by atoms with Gasteiger partial charge < -0.3 is 19.3 Å². The zero-order valence-corrected chi connectivity index (χ0v) is 25.6. The van der Waals surface area contributed by atoms with E-state index in [0.717, 1.165) is 34.8 Å². The third-order valence-corrected chi connectivity index (χ3v) is 8.87. The molecule has 198 valence electrons. The van der Waals surface area contributed by atoms with Gasteiger partial charge in [-0.05, 0) is 48.5 Å². The van der Waals surface area contributed by atoms with Crippen LogP contribution in [-0.4, -0.2) is 86.2 Å². The molecular formula is C24H44N2O4S4. The number of hydrogen-bond donors (Lipinski definition) is 0. The van der Waals surface area contributed by atoms with Gasteiger partial charge in [-0.2, -0.15) is 0 Å². The Kier molecular flexibility index (Phi) is 16.9. The van der Waals surface area contributed by atoms with Crippen molar-refractivity contribution in [1.82, 2.24) is 9.80 Å². The first-order valence-corrected chi connectivity index (χ1v) is 14.8. The minimum Gasteiger partial charge on any atom is -0.457 e. The molecule has 0 fully saturated rings. The number of carbonyl (C=O) groups excluding carboxylic acids is 2. The fourth-order valence-electron chi connectivity index (χ4n) is 2.90. The molecule has 6 nitrogen and oxygen atoms in total. The van der Waals surface area contributed by atoms with Gasteiger partial charge in [0.05, 0.1) is 12.5 Å². The molecule has 0 bridgehead atoms. The van der Waals surface area contributed by atoms with Crippen LogP contribution < -0.4 is 0 Å². The number of rotatable bonds is 15. The number of ketones is 1. The van der Waals surface area contributed by atoms with Crippen LogP contribution in [0.5, 0.6) is 0 Å². The molecule has 0 saturated heterocycles. The Labute approximate surface area is 226 Å². The van der Waals surface area contributed by atoms with Crippen LogP contribution in [0.2, 0.25) is 0 Å². The third kappa shape index (κ3) is 12.5. The first-order chi connectivity index (χ1) is 15.8. The largest absolute Gasteiger partial charge is 0.457 e. The first-order valence-electron chi connectivity index (χ1n) is 12.0. The van der Waals surface area contributed by atoms with E-state index in [1.165, 1.54) is 23.5 Å². The van der Waals surface area contributed by atoms with E-state index in [0.29, 0.717) is 11.5 Å². The maximum Gasteiger partial charge on any atom is 0.310 e. The number of esters is 1. The number of nitrogens with zero attached hydrogens (tertiary/aromatic N) is 2. The Morgan fingerprint density at radius 3 is 1.65 bits per heavy atom. The lowest BCUT2D eigenvalue weighted by Crippen LogP contribution is -2.39. The van der Waals surface area contributed by atoms with Crippen LogP contribution >= 0.6 is 48.0 Å². The van der Waals surface area contributed by atoms with Gasteiger partial charge >= 0.3 is 5.97 Å². The van der Waals surface area contributed by atoms with Gasteiger partial charge in [-0.1, -0.05) is 61.8 Å². The Morgan fingerprint density at radius 2 is 1.24 bits per heavy atom. The molecule has 0 aromatic carbocycles. The second kappa shape index (κ2) is 17.1. The molecule has 0 rings (SSSR count). The summed E-state index contributed by atoms with van der Waals surface area (Å²) in [5, 5.41) is 0. The van der Waals surface area contributed by atoms with E-state index in [-0.39, 0.29) is 30.2 Å². The van der Waals surface area contributed by atoms with Crippen molar-refractivity contribution in [2.24, 2.45) is 11.8 Å². The van der Waals surface area contributed by atoms with Crippen molar-refractivity contribution < 1.29 is 19.1 Å². The van der Waals surface area contributed by atoms with Crippen molar-refractivity contribution in [2.45, 2.75) is 74.0 Å². The lowest BCUT2D eigenvalue weighted by molar-refractivity contribution is -0.168. The second-order valence-electron chi connectivity index (χ2n) is 8.84. The fraction of sp³-hybridized carbons (Fsp3) is 0.833. The Bertz CT molecular complexity index is 667. The van der Waals surface area contributed by atoms with Crippen LogP contribution in [0, 0.1) is 11.8 Å². The summed E-state index contributed by atoms with van der Waals surface area (Å²) < 4.78 is 13.1. The van der Waals surface area contributed by atoms with Crippen LogP contribution in [0.1, 0.15) is 62.3 Å². The molecule has 0 N–H and O–H groups in total. The highest BCUT2D eigenvalue weighted by molar-refractivity contribution is 8.23. The standard InChI is InChI=1S/C24H44N2O4S4/c1-10-25(11-2)22(31)33-14-17(5)20(27)19(7)29-16-24(8,9)30-21(28)18(6)15-34-23(32)26(12-3)13-4/h17-19H,10-16H2,1-9H3. The summed E-state index contributed by atoms with van der Waals surface area (Å²) in [6.07, 6.45) is -0.588. The number of carbonyl (C=O) groups is 2. The Hall–Kier alpha value is -0.420. The highest BCUT2D eigenvalue weighted by Gasteiger charge is 2.29. The topological polar surface area (TPSA) is 59.1 Å². The molecule has 0 spiro atoms. The van der Waals surface area contributed by atoms with E-state index in [9.17, 15) is 9.59 Å². The Morgan fingerprint density at radius 1 is 0.824 bits per heavy atom. The van der Waals surface area contributed by atoms with Crippen molar-refractivity contribution in [3.05, 3.63) is 0 Å². The number of Topliss-reactive ketones (excluding diaryl/α,β-unsaturated/α-hetero) is 1. The van der Waals surface area contributed by atoms with Crippen molar-refractivity contribution in [3.63, 3.8) is 0 Å². The molecule has 0 amide bonds. The predicted molar refractivity (Wildman–Crippen MR) is 155 cm³/mol. The van der Waals surface area contributed by atoms with Crippen LogP contribution in [-0.2, 0) is 19.1 Å². The van der Waals surface area contributed by atoms with E-state index in [1.807, 2.05) is 13.8 Å². The van der Waals surface area contributed by atoms with Crippen molar-refractivity contribution >= 4 is 68.4 Å². The minimum absolute atomic E-state index is 0.0201. The van der Waals surface area contributed by atoms with Gasteiger partial charge in [-0.15, -0.1) is 0 Å². The molecule has 0 heterocycles. The summed E-state index contributed by atoms with van der Waals surface area (Å²) in [4.78, 5) is 29.5. The molecule has 3 atom stereocenters. The van der Waals surface area contributed by atoms with Gasteiger partial charge in [0.2, 0.25) is 0 Å². The molecule has 0 aromatic rings. The number of ether oxygens (including phenoxy) is 2. The lowest BCUT2D eigenvalue weighted by atomic mass is 10.0. The van der Waals surface area contributed by atoms with E-state index < -0.39 is 11.7 Å². The van der Waals surface area contributed by atoms with E-state index in [4.69, 9.17) is 33.9 Å². The average molecular weight is 553 g/mol. The monoisotopic (exact) mass is 552 g/mol. The summed E-state index contributed by atoms with van der Waals surface area (Å²) >= 11 is 13.9. The van der Waals surface area contributed by atoms with Gasteiger partial charge in [0.25, 0.3) is 0 Å². The summed E-state index contributed by atoms with van der Waals surface area (Å²) in [5.74, 6) is 0.410. The highest BCUT2D eigenvalue weighted by Crippen LogP contribution is 2.20. The van der Waals surface area contributed by atoms with E-state index >= 15 is 0 Å². The molecule has 0 aromatic heterocycles.